The SMILES string of the molecule is CC(O)(CNC(=O)c1sc2ccccc2c1Cl)CC(=O)O. The third kappa shape index (κ3) is 3.72. The summed E-state index contributed by atoms with van der Waals surface area (Å²) in [5.41, 5.74) is -1.51. The number of hydrogen-bond acceptors (Lipinski definition) is 4. The Hall–Kier alpha value is -1.63. The number of carboxylic acids is 1. The molecule has 1 heterocycles. The Kier molecular flexibility index (Phi) is 4.51. The molecule has 1 aromatic heterocycles. The van der Waals surface area contributed by atoms with E-state index in [9.17, 15) is 14.7 Å². The highest BCUT2D eigenvalue weighted by Gasteiger charge is 2.26. The van der Waals surface area contributed by atoms with Gasteiger partial charge in [0.2, 0.25) is 0 Å². The average Bonchev–Trinajstić information content (AvgIpc) is 2.73. The lowest BCUT2D eigenvalue weighted by atomic mass is 10.0. The Balaban J connectivity index is 2.12. The van der Waals surface area contributed by atoms with Crippen LogP contribution in [0.25, 0.3) is 10.1 Å². The highest BCUT2D eigenvalue weighted by Crippen LogP contribution is 2.34. The van der Waals surface area contributed by atoms with Gasteiger partial charge in [-0.3, -0.25) is 9.59 Å². The number of halogens is 1. The number of carbonyl (C=O) groups is 2. The number of carboxylic acid groups (broad SMARTS) is 1. The fraction of sp³-hybridized carbons (Fsp3) is 0.286. The average molecular weight is 328 g/mol. The molecular weight excluding hydrogens is 314 g/mol. The molecule has 5 nitrogen and oxygen atoms in total. The maximum absolute atomic E-state index is 12.1. The summed E-state index contributed by atoms with van der Waals surface area (Å²) in [6.07, 6.45) is -0.451. The van der Waals surface area contributed by atoms with Crippen molar-refractivity contribution in [3.63, 3.8) is 0 Å². The molecule has 2 rings (SSSR count). The number of rotatable bonds is 5. The zero-order chi connectivity index (χ0) is 15.6. The fourth-order valence-corrected chi connectivity index (χ4v) is 3.33. The van der Waals surface area contributed by atoms with Crippen molar-refractivity contribution in [2.45, 2.75) is 18.9 Å². The van der Waals surface area contributed by atoms with Crippen LogP contribution in [0.4, 0.5) is 0 Å². The minimum atomic E-state index is -1.51. The monoisotopic (exact) mass is 327 g/mol. The van der Waals surface area contributed by atoms with Crippen molar-refractivity contribution in [2.75, 3.05) is 6.54 Å². The van der Waals surface area contributed by atoms with Crippen LogP contribution in [0.5, 0.6) is 0 Å². The number of hydrogen-bond donors (Lipinski definition) is 3. The van der Waals surface area contributed by atoms with E-state index in [-0.39, 0.29) is 6.54 Å². The molecule has 1 aromatic carbocycles. The topological polar surface area (TPSA) is 86.6 Å². The predicted octanol–water partition coefficient (Wildman–Crippen LogP) is 2.51. The first-order chi connectivity index (χ1) is 9.80. The number of carbonyl (C=O) groups excluding carboxylic acids is 1. The molecule has 0 aliphatic heterocycles. The maximum atomic E-state index is 12.1. The van der Waals surface area contributed by atoms with Crippen LogP contribution in [0.3, 0.4) is 0 Å². The third-order valence-corrected chi connectivity index (χ3v) is 4.58. The second-order valence-corrected chi connectivity index (χ2v) is 6.42. The van der Waals surface area contributed by atoms with Crippen LogP contribution in [-0.2, 0) is 4.79 Å². The lowest BCUT2D eigenvalue weighted by Gasteiger charge is -2.21. The maximum Gasteiger partial charge on any atom is 0.306 e. The first-order valence-electron chi connectivity index (χ1n) is 6.19. The Labute approximate surface area is 130 Å². The van der Waals surface area contributed by atoms with Crippen LogP contribution in [0.15, 0.2) is 24.3 Å². The van der Waals surface area contributed by atoms with Gasteiger partial charge in [-0.1, -0.05) is 29.8 Å². The van der Waals surface area contributed by atoms with Crippen LogP contribution in [0.2, 0.25) is 5.02 Å². The summed E-state index contributed by atoms with van der Waals surface area (Å²) in [6, 6.07) is 7.38. The van der Waals surface area contributed by atoms with Gasteiger partial charge in [-0.05, 0) is 13.0 Å². The van der Waals surface area contributed by atoms with E-state index in [0.29, 0.717) is 9.90 Å². The van der Waals surface area contributed by atoms with Gasteiger partial charge in [0, 0.05) is 16.6 Å². The molecule has 0 saturated carbocycles. The molecule has 0 spiro atoms. The number of fused-ring (bicyclic) bond motifs is 1. The lowest BCUT2D eigenvalue weighted by molar-refractivity contribution is -0.141. The van der Waals surface area contributed by atoms with Crippen molar-refractivity contribution in [1.29, 1.82) is 0 Å². The highest BCUT2D eigenvalue weighted by molar-refractivity contribution is 7.21. The third-order valence-electron chi connectivity index (χ3n) is 2.90. The van der Waals surface area contributed by atoms with Crippen LogP contribution in [-0.4, -0.2) is 34.2 Å². The number of amides is 1. The number of nitrogens with one attached hydrogen (secondary N) is 1. The molecule has 0 saturated heterocycles. The molecular formula is C14H14ClNO4S. The highest BCUT2D eigenvalue weighted by atomic mass is 35.5. The van der Waals surface area contributed by atoms with Gasteiger partial charge in [0.1, 0.15) is 4.88 Å². The van der Waals surface area contributed by atoms with Gasteiger partial charge in [0.05, 0.1) is 17.0 Å². The van der Waals surface area contributed by atoms with E-state index in [2.05, 4.69) is 5.32 Å². The van der Waals surface area contributed by atoms with Gasteiger partial charge in [0.15, 0.2) is 0 Å². The standard InChI is InChI=1S/C14H14ClNO4S/c1-14(20,6-10(17)18)7-16-13(19)12-11(15)8-4-2-3-5-9(8)21-12/h2-5,20H,6-7H2,1H3,(H,16,19)(H,17,18). The largest absolute Gasteiger partial charge is 0.481 e. The van der Waals surface area contributed by atoms with Crippen molar-refractivity contribution >= 4 is 44.9 Å². The normalized spacial score (nSPS) is 13.9. The van der Waals surface area contributed by atoms with Crippen molar-refractivity contribution in [1.82, 2.24) is 5.32 Å². The van der Waals surface area contributed by atoms with Gasteiger partial charge in [0.25, 0.3) is 5.91 Å². The molecule has 21 heavy (non-hydrogen) atoms. The van der Waals surface area contributed by atoms with Crippen molar-refractivity contribution in [3.05, 3.63) is 34.2 Å². The zero-order valence-electron chi connectivity index (χ0n) is 11.2. The zero-order valence-corrected chi connectivity index (χ0v) is 12.8. The van der Waals surface area contributed by atoms with E-state index < -0.39 is 23.9 Å². The van der Waals surface area contributed by atoms with Gasteiger partial charge in [-0.2, -0.15) is 0 Å². The van der Waals surface area contributed by atoms with E-state index in [0.717, 1.165) is 10.1 Å². The predicted molar refractivity (Wildman–Crippen MR) is 82.0 cm³/mol. The van der Waals surface area contributed by atoms with E-state index in [4.69, 9.17) is 16.7 Å². The Bertz CT molecular complexity index is 695. The Morgan fingerprint density at radius 3 is 2.67 bits per heavy atom. The summed E-state index contributed by atoms with van der Waals surface area (Å²) in [4.78, 5) is 23.1. The molecule has 0 aliphatic rings. The summed E-state index contributed by atoms with van der Waals surface area (Å²) in [7, 11) is 0. The van der Waals surface area contributed by atoms with E-state index in [1.54, 1.807) is 0 Å². The number of benzene rings is 1. The van der Waals surface area contributed by atoms with Gasteiger partial charge in [-0.25, -0.2) is 0 Å². The molecule has 0 bridgehead atoms. The number of thiophene rings is 1. The number of aliphatic hydroxyl groups is 1. The molecule has 1 amide bonds. The first kappa shape index (κ1) is 15.8. The van der Waals surface area contributed by atoms with Gasteiger partial charge < -0.3 is 15.5 Å². The summed E-state index contributed by atoms with van der Waals surface area (Å²) in [5, 5.41) is 22.2. The Morgan fingerprint density at radius 2 is 2.05 bits per heavy atom. The number of aliphatic carboxylic acids is 1. The van der Waals surface area contributed by atoms with Crippen LogP contribution in [0, 0.1) is 0 Å². The van der Waals surface area contributed by atoms with E-state index >= 15 is 0 Å². The van der Waals surface area contributed by atoms with Crippen LogP contribution in [0.1, 0.15) is 23.0 Å². The van der Waals surface area contributed by atoms with Crippen LogP contribution >= 0.6 is 22.9 Å². The molecule has 3 N–H and O–H groups in total. The molecule has 1 unspecified atom stereocenters. The minimum Gasteiger partial charge on any atom is -0.481 e. The second kappa shape index (κ2) is 6.01. The van der Waals surface area contributed by atoms with E-state index in [1.165, 1.54) is 18.3 Å². The van der Waals surface area contributed by atoms with E-state index in [1.807, 2.05) is 24.3 Å². The van der Waals surface area contributed by atoms with Crippen molar-refractivity contribution in [2.24, 2.45) is 0 Å². The fourth-order valence-electron chi connectivity index (χ4n) is 1.90. The molecule has 0 aliphatic carbocycles. The summed E-state index contributed by atoms with van der Waals surface area (Å²) in [6.45, 7) is 1.19. The summed E-state index contributed by atoms with van der Waals surface area (Å²) >= 11 is 7.43. The smallest absolute Gasteiger partial charge is 0.306 e. The van der Waals surface area contributed by atoms with Crippen molar-refractivity contribution < 1.29 is 19.8 Å². The molecule has 1 atom stereocenters. The summed E-state index contributed by atoms with van der Waals surface area (Å²) in [5.74, 6) is -1.55. The quantitative estimate of drug-likeness (QED) is 0.787. The molecule has 112 valence electrons. The van der Waals surface area contributed by atoms with Crippen LogP contribution < -0.4 is 5.32 Å². The molecule has 0 fully saturated rings. The first-order valence-corrected chi connectivity index (χ1v) is 7.39. The van der Waals surface area contributed by atoms with Gasteiger partial charge in [-0.15, -0.1) is 11.3 Å². The lowest BCUT2D eigenvalue weighted by Crippen LogP contribution is -2.42. The molecule has 7 heteroatoms. The molecule has 0 radical (unpaired) electrons. The molecule has 2 aromatic rings. The summed E-state index contributed by atoms with van der Waals surface area (Å²) < 4.78 is 0.893. The van der Waals surface area contributed by atoms with Crippen molar-refractivity contribution in [3.8, 4) is 0 Å². The Morgan fingerprint density at radius 1 is 1.38 bits per heavy atom. The minimum absolute atomic E-state index is 0.164. The second-order valence-electron chi connectivity index (χ2n) is 4.99. The van der Waals surface area contributed by atoms with Gasteiger partial charge >= 0.3 is 5.97 Å².